The zero-order valence-electron chi connectivity index (χ0n) is 20.9. The Morgan fingerprint density at radius 3 is 2.26 bits per heavy atom. The number of hydrogen-bond acceptors (Lipinski definition) is 2. The maximum Gasteiger partial charge on any atom is 0.0400 e. The van der Waals surface area contributed by atoms with Gasteiger partial charge in [-0.05, 0) is 80.5 Å². The van der Waals surface area contributed by atoms with Crippen LogP contribution in [0.1, 0.15) is 64.7 Å². The van der Waals surface area contributed by atoms with Gasteiger partial charge in [-0.25, -0.2) is 0 Å². The fourth-order valence-corrected chi connectivity index (χ4v) is 3.41. The van der Waals surface area contributed by atoms with Crippen molar-refractivity contribution in [3.63, 3.8) is 0 Å². The van der Waals surface area contributed by atoms with Crippen LogP contribution < -0.4 is 5.32 Å². The number of rotatable bonds is 10. The summed E-state index contributed by atoms with van der Waals surface area (Å²) >= 11 is 0. The molecule has 1 saturated heterocycles. The van der Waals surface area contributed by atoms with E-state index in [4.69, 9.17) is 0 Å². The predicted octanol–water partition coefficient (Wildman–Crippen LogP) is 7.02. The van der Waals surface area contributed by atoms with Gasteiger partial charge in [-0.3, -0.25) is 4.90 Å². The van der Waals surface area contributed by atoms with Gasteiger partial charge in [-0.2, -0.15) is 0 Å². The summed E-state index contributed by atoms with van der Waals surface area (Å²) in [5.74, 6) is 0. The molecule has 2 atom stereocenters. The fourth-order valence-electron chi connectivity index (χ4n) is 3.41. The monoisotopic (exact) mass is 418 g/mol. The van der Waals surface area contributed by atoms with Crippen LogP contribution in [-0.2, 0) is 6.42 Å². The summed E-state index contributed by atoms with van der Waals surface area (Å²) in [5.41, 5.74) is 8.71. The van der Waals surface area contributed by atoms with Crippen LogP contribution in [0.4, 0.5) is 0 Å². The van der Waals surface area contributed by atoms with Crippen molar-refractivity contribution in [1.29, 1.82) is 0 Å². The van der Waals surface area contributed by atoms with Crippen LogP contribution in [0.5, 0.6) is 0 Å². The third kappa shape index (κ3) is 7.11. The van der Waals surface area contributed by atoms with Crippen LogP contribution in [-0.4, -0.2) is 30.6 Å². The smallest absolute Gasteiger partial charge is 0.0400 e. The minimum atomic E-state index is 0.172. The Hall–Kier alpha value is -2.32. The maximum absolute atomic E-state index is 4.31. The first-order chi connectivity index (χ1) is 14.4. The lowest BCUT2D eigenvalue weighted by molar-refractivity contribution is 0.466. The molecule has 0 amide bonds. The summed E-state index contributed by atoms with van der Waals surface area (Å²) in [6.07, 6.45) is 8.49. The zero-order valence-corrected chi connectivity index (χ0v) is 20.9. The molecular formula is C29H42N2. The van der Waals surface area contributed by atoms with Gasteiger partial charge >= 0.3 is 0 Å². The van der Waals surface area contributed by atoms with Crippen molar-refractivity contribution in [2.45, 2.75) is 59.9 Å². The van der Waals surface area contributed by atoms with Gasteiger partial charge < -0.3 is 5.32 Å². The lowest BCUT2D eigenvalue weighted by Gasteiger charge is -2.19. The number of likely N-dealkylation sites (N-methyl/N-ethyl adjacent to an activating group) is 1. The Balaban J connectivity index is 2.12. The zero-order chi connectivity index (χ0) is 23.4. The van der Waals surface area contributed by atoms with E-state index in [1.807, 2.05) is 6.08 Å². The van der Waals surface area contributed by atoms with Crippen molar-refractivity contribution in [1.82, 2.24) is 10.2 Å². The Morgan fingerprint density at radius 1 is 1.13 bits per heavy atom. The van der Waals surface area contributed by atoms with Gasteiger partial charge in [0.15, 0.2) is 0 Å². The molecule has 1 N–H and O–H groups in total. The first kappa shape index (κ1) is 24.9. The molecule has 2 unspecified atom stereocenters. The molecule has 2 heteroatoms. The predicted molar refractivity (Wildman–Crippen MR) is 139 cm³/mol. The van der Waals surface area contributed by atoms with E-state index in [2.05, 4.69) is 109 Å². The lowest BCUT2D eigenvalue weighted by Crippen LogP contribution is -2.15. The molecule has 0 aliphatic carbocycles. The number of allylic oxidation sites excluding steroid dienone is 4. The molecule has 31 heavy (non-hydrogen) atoms. The molecule has 1 aromatic carbocycles. The average molecular weight is 419 g/mol. The third-order valence-corrected chi connectivity index (χ3v) is 6.68. The van der Waals surface area contributed by atoms with Crippen LogP contribution in [0.25, 0.3) is 11.3 Å². The van der Waals surface area contributed by atoms with E-state index in [1.54, 1.807) is 0 Å². The van der Waals surface area contributed by atoms with Gasteiger partial charge in [0.05, 0.1) is 0 Å². The lowest BCUT2D eigenvalue weighted by atomic mass is 9.87. The summed E-state index contributed by atoms with van der Waals surface area (Å²) < 4.78 is 0. The first-order valence-corrected chi connectivity index (χ1v) is 11.3. The van der Waals surface area contributed by atoms with E-state index < -0.39 is 0 Å². The van der Waals surface area contributed by atoms with Gasteiger partial charge in [0.2, 0.25) is 0 Å². The molecule has 1 heterocycles. The topological polar surface area (TPSA) is 15.0 Å². The molecule has 0 bridgehead atoms. The van der Waals surface area contributed by atoms with E-state index in [0.717, 1.165) is 28.8 Å². The van der Waals surface area contributed by atoms with Crippen LogP contribution in [0.3, 0.4) is 0 Å². The summed E-state index contributed by atoms with van der Waals surface area (Å²) in [5, 5.41) is 3.50. The minimum absolute atomic E-state index is 0.172. The highest BCUT2D eigenvalue weighted by molar-refractivity contribution is 5.70. The van der Waals surface area contributed by atoms with Crippen molar-refractivity contribution < 1.29 is 0 Å². The van der Waals surface area contributed by atoms with Gasteiger partial charge in [0, 0.05) is 24.3 Å². The van der Waals surface area contributed by atoms with Gasteiger partial charge in [-0.15, -0.1) is 0 Å². The molecule has 0 radical (unpaired) electrons. The number of benzene rings is 1. The van der Waals surface area contributed by atoms with Gasteiger partial charge in [-0.1, -0.05) is 75.9 Å². The number of hydrogen-bond donors (Lipinski definition) is 1. The summed E-state index contributed by atoms with van der Waals surface area (Å²) in [6.45, 7) is 27.6. The SMILES string of the molecule is C=C/C(=C\C=C(/C)C(C)(C)C)CNC(=C)c1cc(CCC2(C)CN2C)cc(C(=C)C)c1. The van der Waals surface area contributed by atoms with E-state index in [-0.39, 0.29) is 5.41 Å². The Morgan fingerprint density at radius 2 is 1.74 bits per heavy atom. The van der Waals surface area contributed by atoms with E-state index in [1.165, 1.54) is 29.7 Å². The molecule has 0 spiro atoms. The second kappa shape index (κ2) is 9.87. The Bertz CT molecular complexity index is 907. The fraction of sp³-hybridized carbons (Fsp3) is 0.448. The first-order valence-electron chi connectivity index (χ1n) is 11.3. The summed E-state index contributed by atoms with van der Waals surface area (Å²) in [7, 11) is 2.20. The van der Waals surface area contributed by atoms with Crippen LogP contribution in [0, 0.1) is 5.41 Å². The third-order valence-electron chi connectivity index (χ3n) is 6.68. The Labute approximate surface area is 191 Å². The molecule has 2 nitrogen and oxygen atoms in total. The molecule has 0 aromatic heterocycles. The van der Waals surface area contributed by atoms with Gasteiger partial charge in [0.25, 0.3) is 0 Å². The number of aryl methyl sites for hydroxylation is 1. The molecular weight excluding hydrogens is 376 g/mol. The second-order valence-electron chi connectivity index (χ2n) is 10.4. The standard InChI is InChI=1S/C29H42N2/c1-11-24(13-12-22(4)28(6,7)8)19-30-23(5)27-17-25(16-26(18-27)21(2)3)14-15-29(9)20-31(29)10/h11-13,16-18,30H,1-2,5,14-15,19-20H2,3-4,6-10H3/b22-12+,24-13+. The normalized spacial score (nSPS) is 21.6. The molecule has 0 saturated carbocycles. The molecule has 1 aromatic rings. The van der Waals surface area contributed by atoms with Crippen LogP contribution >= 0.6 is 0 Å². The summed E-state index contributed by atoms with van der Waals surface area (Å²) in [4.78, 5) is 2.41. The van der Waals surface area contributed by atoms with Crippen molar-refractivity contribution in [3.05, 3.63) is 84.0 Å². The highest BCUT2D eigenvalue weighted by atomic mass is 15.3. The van der Waals surface area contributed by atoms with Crippen molar-refractivity contribution in [2.75, 3.05) is 20.1 Å². The average Bonchev–Trinajstić information content (AvgIpc) is 3.31. The van der Waals surface area contributed by atoms with Crippen molar-refractivity contribution >= 4 is 11.3 Å². The van der Waals surface area contributed by atoms with E-state index in [0.29, 0.717) is 12.1 Å². The highest BCUT2D eigenvalue weighted by Crippen LogP contribution is 2.34. The molecule has 1 aliphatic rings. The maximum atomic E-state index is 4.31. The van der Waals surface area contributed by atoms with E-state index >= 15 is 0 Å². The van der Waals surface area contributed by atoms with Crippen LogP contribution in [0.15, 0.2) is 67.3 Å². The number of nitrogens with zero attached hydrogens (tertiary/aromatic N) is 1. The quantitative estimate of drug-likeness (QED) is 0.324. The van der Waals surface area contributed by atoms with Crippen molar-refractivity contribution in [3.8, 4) is 0 Å². The van der Waals surface area contributed by atoms with Gasteiger partial charge in [0.1, 0.15) is 0 Å². The largest absolute Gasteiger partial charge is 0.381 e. The highest BCUT2D eigenvalue weighted by Gasteiger charge is 2.43. The molecule has 1 fully saturated rings. The summed E-state index contributed by atoms with van der Waals surface area (Å²) in [6, 6.07) is 6.74. The number of nitrogens with one attached hydrogen (secondary N) is 1. The molecule has 168 valence electrons. The van der Waals surface area contributed by atoms with E-state index in [9.17, 15) is 0 Å². The Kier molecular flexibility index (Phi) is 7.94. The van der Waals surface area contributed by atoms with Crippen LogP contribution in [0.2, 0.25) is 0 Å². The molecule has 2 rings (SSSR count). The minimum Gasteiger partial charge on any atom is -0.381 e. The van der Waals surface area contributed by atoms with Crippen molar-refractivity contribution in [2.24, 2.45) is 5.41 Å². The second-order valence-corrected chi connectivity index (χ2v) is 10.4. The molecule has 1 aliphatic heterocycles.